The molecule has 164 valence electrons. The number of rotatable bonds is 6. The Hall–Kier alpha value is -0.770. The van der Waals surface area contributed by atoms with Gasteiger partial charge in [0.25, 0.3) is 0 Å². The van der Waals surface area contributed by atoms with E-state index in [1.807, 2.05) is 0 Å². The summed E-state index contributed by atoms with van der Waals surface area (Å²) in [6.07, 6.45) is 5.48. The smallest absolute Gasteiger partial charge is 1.00 e. The fourth-order valence-corrected chi connectivity index (χ4v) is 13.2. The van der Waals surface area contributed by atoms with Gasteiger partial charge in [-0.2, -0.15) is 0 Å². The van der Waals surface area contributed by atoms with E-state index in [1.165, 1.54) is 22.3 Å². The standard InChI is InChI=1S/C13H9.C9H15O2Si.C3H6.2ClH.Zr/c1-3-7-12-10(5-1)9-11-6-2-4-8-13(11)12;1-12(2,3)11-8-10-9-6-4-5-7-9;1-3-2;;;/h1-9H;4,6H,5,8H2,1-3H3;1-2H3;2*1H;/q;;;;;+2/p-2. The molecule has 0 aromatic heterocycles. The fourth-order valence-electron chi connectivity index (χ4n) is 4.36. The van der Waals surface area contributed by atoms with Crippen LogP contribution in [0.4, 0.5) is 0 Å². The summed E-state index contributed by atoms with van der Waals surface area (Å²) in [5.74, 6) is 1.08. The van der Waals surface area contributed by atoms with Crippen LogP contribution in [0.2, 0.25) is 19.6 Å². The van der Waals surface area contributed by atoms with Gasteiger partial charge in [0, 0.05) is 0 Å². The monoisotopic (exact) mass is 550 g/mol. The quantitative estimate of drug-likeness (QED) is 0.386. The summed E-state index contributed by atoms with van der Waals surface area (Å²) in [7, 11) is -1.58. The Labute approximate surface area is 207 Å². The Balaban J connectivity index is 0.00000171. The molecule has 4 rings (SSSR count). The molecule has 0 heterocycles. The summed E-state index contributed by atoms with van der Waals surface area (Å²) in [4.78, 5) is 0. The first-order valence-electron chi connectivity index (χ1n) is 10.4. The summed E-state index contributed by atoms with van der Waals surface area (Å²) in [5, 5.41) is 0. The Kier molecular flexibility index (Phi) is 9.31. The normalized spacial score (nSPS) is 14.2. The number of hydrogen-bond acceptors (Lipinski definition) is 2. The van der Waals surface area contributed by atoms with E-state index in [0.29, 0.717) is 10.4 Å². The van der Waals surface area contributed by atoms with Crippen LogP contribution in [0.3, 0.4) is 0 Å². The maximum atomic E-state index is 6.20. The van der Waals surface area contributed by atoms with Crippen LogP contribution in [0.25, 0.3) is 11.1 Å². The minimum absolute atomic E-state index is 0. The first kappa shape index (κ1) is 26.5. The van der Waals surface area contributed by atoms with Crippen LogP contribution < -0.4 is 24.8 Å². The predicted octanol–water partition coefficient (Wildman–Crippen LogP) is 0.592. The van der Waals surface area contributed by atoms with Crippen molar-refractivity contribution in [2.45, 2.75) is 43.5 Å². The van der Waals surface area contributed by atoms with Gasteiger partial charge in [0.2, 0.25) is 0 Å². The Morgan fingerprint density at radius 1 is 0.935 bits per heavy atom. The molecule has 0 bridgehead atoms. The van der Waals surface area contributed by atoms with Gasteiger partial charge < -0.3 is 24.8 Å². The zero-order valence-corrected chi connectivity index (χ0v) is 23.8. The molecule has 0 radical (unpaired) electrons. The van der Waals surface area contributed by atoms with Crippen molar-refractivity contribution in [1.82, 2.24) is 0 Å². The van der Waals surface area contributed by atoms with Crippen molar-refractivity contribution in [1.29, 1.82) is 0 Å². The largest absolute Gasteiger partial charge is 1.00 e. The molecule has 0 aliphatic heterocycles. The van der Waals surface area contributed by atoms with Crippen LogP contribution in [0.15, 0.2) is 69.7 Å². The third-order valence-electron chi connectivity index (χ3n) is 5.58. The molecule has 0 saturated heterocycles. The van der Waals surface area contributed by atoms with Gasteiger partial charge in [0.05, 0.1) is 0 Å². The molecule has 0 unspecified atom stereocenters. The van der Waals surface area contributed by atoms with Gasteiger partial charge >= 0.3 is 184 Å². The van der Waals surface area contributed by atoms with Crippen molar-refractivity contribution >= 4 is 11.5 Å². The van der Waals surface area contributed by atoms with Gasteiger partial charge in [-0.05, 0) is 0 Å². The Morgan fingerprint density at radius 2 is 1.48 bits per heavy atom. The SMILES string of the molecule is C[C](C)=[Zr+2]([C]1=C(OCO[Si](C)(C)C)C=CC1)[CH]1c2ccccc2-c2ccccc21.[Cl-].[Cl-]. The van der Waals surface area contributed by atoms with Crippen molar-refractivity contribution in [3.63, 3.8) is 0 Å². The number of fused-ring (bicyclic) bond motifs is 3. The molecule has 0 saturated carbocycles. The molecule has 31 heavy (non-hydrogen) atoms. The molecule has 0 atom stereocenters. The van der Waals surface area contributed by atoms with Crippen LogP contribution in [-0.2, 0) is 30.4 Å². The zero-order valence-electron chi connectivity index (χ0n) is 18.8. The third kappa shape index (κ3) is 5.60. The van der Waals surface area contributed by atoms with Crippen molar-refractivity contribution in [2.24, 2.45) is 0 Å². The number of ether oxygens (including phenoxy) is 1. The minimum atomic E-state index is -2.20. The average Bonchev–Trinajstić information content (AvgIpc) is 3.25. The van der Waals surface area contributed by atoms with Gasteiger partial charge in [0.1, 0.15) is 0 Å². The second-order valence-electron chi connectivity index (χ2n) is 8.99. The maximum absolute atomic E-state index is 6.20. The van der Waals surface area contributed by atoms with Crippen molar-refractivity contribution < 1.29 is 55.2 Å². The molecule has 0 fully saturated rings. The van der Waals surface area contributed by atoms with Gasteiger partial charge in [-0.1, -0.05) is 0 Å². The maximum Gasteiger partial charge on any atom is -1.00 e. The van der Waals surface area contributed by atoms with Gasteiger partial charge in [0.15, 0.2) is 0 Å². The molecule has 0 N–H and O–H groups in total. The van der Waals surface area contributed by atoms with Crippen molar-refractivity contribution in [2.75, 3.05) is 6.79 Å². The topological polar surface area (TPSA) is 18.5 Å². The fraction of sp³-hybridized carbons (Fsp3) is 0.320. The van der Waals surface area contributed by atoms with Crippen LogP contribution in [0.5, 0.6) is 0 Å². The molecule has 2 aliphatic carbocycles. The summed E-state index contributed by atoms with van der Waals surface area (Å²) in [6.45, 7) is 11.7. The van der Waals surface area contributed by atoms with E-state index in [2.05, 4.69) is 94.2 Å². The molecule has 2 aromatic rings. The summed E-state index contributed by atoms with van der Waals surface area (Å²) >= 11 is -2.20. The number of benzene rings is 2. The van der Waals surface area contributed by atoms with Crippen molar-refractivity contribution in [3.8, 4) is 11.1 Å². The van der Waals surface area contributed by atoms with E-state index in [-0.39, 0.29) is 24.8 Å². The first-order valence-corrected chi connectivity index (χ1v) is 17.7. The second kappa shape index (κ2) is 10.9. The summed E-state index contributed by atoms with van der Waals surface area (Å²) < 4.78 is 15.9. The Bertz CT molecular complexity index is 988. The predicted molar refractivity (Wildman–Crippen MR) is 121 cm³/mol. The van der Waals surface area contributed by atoms with E-state index in [4.69, 9.17) is 9.16 Å². The first-order chi connectivity index (χ1) is 13.9. The van der Waals surface area contributed by atoms with Crippen LogP contribution in [-0.4, -0.2) is 18.3 Å². The summed E-state index contributed by atoms with van der Waals surface area (Å²) in [5.41, 5.74) is 5.87. The van der Waals surface area contributed by atoms with Crippen LogP contribution in [0.1, 0.15) is 35.0 Å². The molecule has 0 amide bonds. The third-order valence-corrected chi connectivity index (χ3v) is 14.9. The van der Waals surface area contributed by atoms with Gasteiger partial charge in [-0.3, -0.25) is 0 Å². The van der Waals surface area contributed by atoms with E-state index < -0.39 is 29.6 Å². The van der Waals surface area contributed by atoms with E-state index in [9.17, 15) is 0 Å². The van der Waals surface area contributed by atoms with Crippen LogP contribution >= 0.6 is 0 Å². The molecule has 2 aliphatic rings. The molecule has 0 spiro atoms. The van der Waals surface area contributed by atoms with E-state index in [1.54, 1.807) is 6.49 Å². The van der Waals surface area contributed by atoms with E-state index in [0.717, 1.165) is 12.2 Å². The molecule has 6 heteroatoms. The van der Waals surface area contributed by atoms with Gasteiger partial charge in [-0.25, -0.2) is 0 Å². The second-order valence-corrected chi connectivity index (χ2v) is 20.9. The van der Waals surface area contributed by atoms with Crippen LogP contribution in [0, 0.1) is 0 Å². The number of allylic oxidation sites excluding steroid dienone is 3. The molecule has 2 nitrogen and oxygen atoms in total. The molecule has 2 aromatic carbocycles. The minimum Gasteiger partial charge on any atom is -1.00 e. The average molecular weight is 553 g/mol. The Morgan fingerprint density at radius 3 is 2.00 bits per heavy atom. The summed E-state index contributed by atoms with van der Waals surface area (Å²) in [6, 6.07) is 18.0. The van der Waals surface area contributed by atoms with Crippen molar-refractivity contribution in [3.05, 3.63) is 80.9 Å². The molecular weight excluding hydrogens is 522 g/mol. The zero-order chi connectivity index (χ0) is 20.6. The molecular formula is C25H30Cl2O2SiZr. The van der Waals surface area contributed by atoms with Gasteiger partial charge in [-0.15, -0.1) is 0 Å². The number of halogens is 2. The van der Waals surface area contributed by atoms with E-state index >= 15 is 0 Å². The number of hydrogen-bond donors (Lipinski definition) is 0.